The van der Waals surface area contributed by atoms with Crippen molar-refractivity contribution in [3.63, 3.8) is 0 Å². The molecule has 12 heteroatoms. The van der Waals surface area contributed by atoms with Crippen LogP contribution in [0.3, 0.4) is 0 Å². The maximum absolute atomic E-state index is 12.6. The second-order valence-electron chi connectivity index (χ2n) is 13.7. The molecule has 3 atom stereocenters. The Labute approximate surface area is 326 Å². The molecule has 0 aliphatic rings. The number of unbranched alkanes of at least 4 members (excludes halogenated alkanes) is 16. The molecule has 0 aromatic carbocycles. The highest BCUT2D eigenvalue weighted by molar-refractivity contribution is 7.47. The van der Waals surface area contributed by atoms with Crippen LogP contribution in [0.1, 0.15) is 168 Å². The van der Waals surface area contributed by atoms with E-state index in [2.05, 4.69) is 67.0 Å². The molecule has 0 saturated carbocycles. The average molecular weight is 784 g/mol. The van der Waals surface area contributed by atoms with Crippen molar-refractivity contribution >= 4 is 25.7 Å². The zero-order valence-corrected chi connectivity index (χ0v) is 34.4. The lowest BCUT2D eigenvalue weighted by atomic mass is 10.1. The predicted molar refractivity (Wildman–Crippen MR) is 217 cm³/mol. The molecule has 0 spiro atoms. The van der Waals surface area contributed by atoms with Gasteiger partial charge in [0.15, 0.2) is 6.10 Å². The Morgan fingerprint density at radius 3 is 1.57 bits per heavy atom. The minimum absolute atomic E-state index is 0.146. The third kappa shape index (κ3) is 36.4. The molecule has 0 rings (SSSR count). The first-order chi connectivity index (χ1) is 26.1. The number of nitrogens with two attached hydrogens (primary N) is 1. The van der Waals surface area contributed by atoms with Crippen LogP contribution in [0.15, 0.2) is 48.6 Å². The molecular formula is C42H74NO10P. The van der Waals surface area contributed by atoms with Gasteiger partial charge in [-0.3, -0.25) is 23.4 Å². The van der Waals surface area contributed by atoms with Crippen LogP contribution in [-0.4, -0.2) is 59.9 Å². The maximum atomic E-state index is 12.6. The number of rotatable bonds is 38. The fourth-order valence-corrected chi connectivity index (χ4v) is 6.09. The number of hydrogen-bond acceptors (Lipinski definition) is 9. The molecule has 0 aromatic rings. The van der Waals surface area contributed by atoms with Crippen molar-refractivity contribution < 1.29 is 47.5 Å². The minimum atomic E-state index is -4.72. The van der Waals surface area contributed by atoms with E-state index in [1.807, 2.05) is 0 Å². The molecule has 0 radical (unpaired) electrons. The lowest BCUT2D eigenvalue weighted by Crippen LogP contribution is -2.34. The highest BCUT2D eigenvalue weighted by Gasteiger charge is 2.28. The van der Waals surface area contributed by atoms with E-state index in [1.165, 1.54) is 38.5 Å². The van der Waals surface area contributed by atoms with Crippen LogP contribution in [0.2, 0.25) is 0 Å². The van der Waals surface area contributed by atoms with Gasteiger partial charge in [-0.15, -0.1) is 0 Å². The molecule has 0 saturated heterocycles. The number of ether oxygens (including phenoxy) is 2. The van der Waals surface area contributed by atoms with Crippen molar-refractivity contribution in [3.05, 3.63) is 48.6 Å². The Kier molecular flexibility index (Phi) is 35.6. The average Bonchev–Trinajstić information content (AvgIpc) is 3.14. The van der Waals surface area contributed by atoms with Gasteiger partial charge >= 0.3 is 25.7 Å². The Balaban J connectivity index is 4.44. The van der Waals surface area contributed by atoms with E-state index in [-0.39, 0.29) is 19.4 Å². The van der Waals surface area contributed by atoms with Crippen molar-refractivity contribution in [2.45, 2.75) is 180 Å². The first kappa shape index (κ1) is 51.4. The molecule has 11 nitrogen and oxygen atoms in total. The number of carbonyl (C=O) groups excluding carboxylic acids is 2. The van der Waals surface area contributed by atoms with E-state index in [9.17, 15) is 23.8 Å². The Hall–Kier alpha value is -2.56. The Bertz CT molecular complexity index is 1110. The quantitative estimate of drug-likeness (QED) is 0.0235. The first-order valence-electron chi connectivity index (χ1n) is 20.7. The van der Waals surface area contributed by atoms with Crippen LogP contribution in [0.25, 0.3) is 0 Å². The van der Waals surface area contributed by atoms with Gasteiger partial charge in [0.2, 0.25) is 0 Å². The molecule has 0 heterocycles. The summed E-state index contributed by atoms with van der Waals surface area (Å²) in [7, 11) is -4.72. The number of carbonyl (C=O) groups is 3. The third-order valence-corrected chi connectivity index (χ3v) is 9.51. The largest absolute Gasteiger partial charge is 0.480 e. The summed E-state index contributed by atoms with van der Waals surface area (Å²) < 4.78 is 32.6. The molecule has 0 bridgehead atoms. The van der Waals surface area contributed by atoms with E-state index in [4.69, 9.17) is 24.8 Å². The van der Waals surface area contributed by atoms with Gasteiger partial charge in [0.1, 0.15) is 12.6 Å². The number of allylic oxidation sites excluding steroid dienone is 8. The van der Waals surface area contributed by atoms with Crippen molar-refractivity contribution in [3.8, 4) is 0 Å². The van der Waals surface area contributed by atoms with Crippen molar-refractivity contribution in [2.75, 3.05) is 19.8 Å². The maximum Gasteiger partial charge on any atom is 0.472 e. The molecule has 0 aliphatic heterocycles. The van der Waals surface area contributed by atoms with Gasteiger partial charge in [-0.2, -0.15) is 0 Å². The molecular weight excluding hydrogens is 709 g/mol. The topological polar surface area (TPSA) is 172 Å². The highest BCUT2D eigenvalue weighted by atomic mass is 31.2. The van der Waals surface area contributed by atoms with Crippen molar-refractivity contribution in [2.24, 2.45) is 5.73 Å². The first-order valence-corrected chi connectivity index (χ1v) is 22.2. The normalized spacial score (nSPS) is 14.3. The van der Waals surface area contributed by atoms with Crippen LogP contribution in [0, 0.1) is 0 Å². The summed E-state index contributed by atoms with van der Waals surface area (Å²) in [6.45, 7) is 2.65. The van der Waals surface area contributed by atoms with Gasteiger partial charge in [-0.1, -0.05) is 133 Å². The third-order valence-electron chi connectivity index (χ3n) is 8.56. The lowest BCUT2D eigenvalue weighted by Gasteiger charge is -2.20. The molecule has 0 fully saturated rings. The van der Waals surface area contributed by atoms with Gasteiger partial charge < -0.3 is 25.2 Å². The number of carboxylic acids is 1. The van der Waals surface area contributed by atoms with Gasteiger partial charge in [0, 0.05) is 12.8 Å². The van der Waals surface area contributed by atoms with Crippen molar-refractivity contribution in [1.29, 1.82) is 0 Å². The zero-order valence-electron chi connectivity index (χ0n) is 33.6. The second kappa shape index (κ2) is 37.4. The summed E-state index contributed by atoms with van der Waals surface area (Å²) in [5, 5.41) is 8.87. The predicted octanol–water partition coefficient (Wildman–Crippen LogP) is 10.6. The van der Waals surface area contributed by atoms with E-state index < -0.39 is 51.1 Å². The zero-order chi connectivity index (χ0) is 40.0. The molecule has 0 aromatic heterocycles. The lowest BCUT2D eigenvalue weighted by molar-refractivity contribution is -0.161. The van der Waals surface area contributed by atoms with E-state index in [1.54, 1.807) is 0 Å². The van der Waals surface area contributed by atoms with E-state index >= 15 is 0 Å². The van der Waals surface area contributed by atoms with Crippen LogP contribution in [0.4, 0.5) is 0 Å². The van der Waals surface area contributed by atoms with Crippen LogP contribution in [0.5, 0.6) is 0 Å². The summed E-state index contributed by atoms with van der Waals surface area (Å²) in [5.74, 6) is -2.41. The minimum Gasteiger partial charge on any atom is -0.480 e. The summed E-state index contributed by atoms with van der Waals surface area (Å²) in [6.07, 6.45) is 40.3. The van der Waals surface area contributed by atoms with E-state index in [0.29, 0.717) is 12.8 Å². The number of hydrogen-bond donors (Lipinski definition) is 3. The monoisotopic (exact) mass is 784 g/mol. The van der Waals surface area contributed by atoms with Crippen LogP contribution >= 0.6 is 7.82 Å². The SMILES string of the molecule is CC/C=C/C/C=C/C/C=C/CCCCCCCC(=O)OC[C@H](COP(=O)(O)OC[C@H](N)C(=O)O)OC(=O)CCCCCCC/C=C/CCCCCCCC. The van der Waals surface area contributed by atoms with Gasteiger partial charge in [-0.05, 0) is 70.6 Å². The fourth-order valence-electron chi connectivity index (χ4n) is 5.31. The molecule has 4 N–H and O–H groups in total. The number of aliphatic carboxylic acids is 1. The number of phosphoric acid groups is 1. The number of esters is 2. The summed E-state index contributed by atoms with van der Waals surface area (Å²) in [4.78, 5) is 45.9. The van der Waals surface area contributed by atoms with Gasteiger partial charge in [0.05, 0.1) is 13.2 Å². The molecule has 312 valence electrons. The summed E-state index contributed by atoms with van der Waals surface area (Å²) in [6, 6.07) is -1.53. The Morgan fingerprint density at radius 2 is 1.04 bits per heavy atom. The van der Waals surface area contributed by atoms with Crippen LogP contribution in [-0.2, 0) is 37.5 Å². The smallest absolute Gasteiger partial charge is 0.472 e. The second-order valence-corrected chi connectivity index (χ2v) is 15.2. The Morgan fingerprint density at radius 1 is 0.593 bits per heavy atom. The van der Waals surface area contributed by atoms with E-state index in [0.717, 1.165) is 89.9 Å². The highest BCUT2D eigenvalue weighted by Crippen LogP contribution is 2.43. The molecule has 1 unspecified atom stereocenters. The van der Waals surface area contributed by atoms with Crippen molar-refractivity contribution in [1.82, 2.24) is 0 Å². The summed E-state index contributed by atoms with van der Waals surface area (Å²) in [5.41, 5.74) is 5.32. The standard InChI is InChI=1S/C42H74NO10P/c1-3-5-7-9-11-13-15-17-19-21-23-25-27-29-31-33-40(44)50-35-38(36-51-54(48,49)52-37-39(43)42(46)47)53-41(45)34-32-30-28-26-24-22-20-18-16-14-12-10-8-6-4-2/h5,7,11,13,17-20,38-39H,3-4,6,8-10,12,14-16,21-37,43H2,1-2H3,(H,46,47)(H,48,49)/b7-5+,13-11+,19-17+,20-18+/t38-,39+/m1/s1. The summed E-state index contributed by atoms with van der Waals surface area (Å²) >= 11 is 0. The van der Waals surface area contributed by atoms with Crippen LogP contribution < -0.4 is 5.73 Å². The number of phosphoric ester groups is 1. The molecule has 54 heavy (non-hydrogen) atoms. The molecule has 0 amide bonds. The number of carboxylic acid groups (broad SMARTS) is 1. The van der Waals surface area contributed by atoms with Gasteiger partial charge in [-0.25, -0.2) is 4.57 Å². The van der Waals surface area contributed by atoms with Gasteiger partial charge in [0.25, 0.3) is 0 Å². The fraction of sp³-hybridized carbons (Fsp3) is 0.738. The molecule has 0 aliphatic carbocycles.